The quantitative estimate of drug-likeness (QED) is 0.238. The summed E-state index contributed by atoms with van der Waals surface area (Å²) in [7, 11) is 0. The Morgan fingerprint density at radius 3 is 1.36 bits per heavy atom. The van der Waals surface area contributed by atoms with Crippen LogP contribution in [0, 0.1) is 10.8 Å². The van der Waals surface area contributed by atoms with Crippen molar-refractivity contribution in [2.45, 2.75) is 79.4 Å². The van der Waals surface area contributed by atoms with Gasteiger partial charge in [-0.2, -0.15) is 0 Å². The number of hydrogen-bond donors (Lipinski definition) is 1. The molecule has 0 aromatic heterocycles. The van der Waals surface area contributed by atoms with Crippen LogP contribution in [0.15, 0.2) is 60.7 Å². The molecule has 0 amide bonds. The molecule has 0 aliphatic carbocycles. The number of benzene rings is 2. The Balaban J connectivity index is 1.46. The molecule has 0 saturated heterocycles. The molecule has 0 radical (unpaired) electrons. The van der Waals surface area contributed by atoms with Crippen LogP contribution in [0.3, 0.4) is 0 Å². The van der Waals surface area contributed by atoms with E-state index in [2.05, 4.69) is 81.5 Å². The molecule has 2 aromatic carbocycles. The van der Waals surface area contributed by atoms with E-state index in [9.17, 15) is 0 Å². The molecule has 0 aliphatic heterocycles. The van der Waals surface area contributed by atoms with Gasteiger partial charge in [0.2, 0.25) is 0 Å². The fourth-order valence-electron chi connectivity index (χ4n) is 4.06. The van der Waals surface area contributed by atoms with E-state index in [1.54, 1.807) is 0 Å². The van der Waals surface area contributed by atoms with Gasteiger partial charge in [0.05, 0.1) is 13.2 Å². The molecule has 3 nitrogen and oxygen atoms in total. The Morgan fingerprint density at radius 2 is 0.970 bits per heavy atom. The summed E-state index contributed by atoms with van der Waals surface area (Å²) in [5.41, 5.74) is 3.15. The van der Waals surface area contributed by atoms with E-state index in [0.717, 1.165) is 52.4 Å². The zero-order valence-corrected chi connectivity index (χ0v) is 21.6. The summed E-state index contributed by atoms with van der Waals surface area (Å²) < 4.78 is 11.6. The third-order valence-electron chi connectivity index (χ3n) is 6.21. The van der Waals surface area contributed by atoms with Gasteiger partial charge in [0, 0.05) is 26.3 Å². The van der Waals surface area contributed by atoms with E-state index < -0.39 is 0 Å². The summed E-state index contributed by atoms with van der Waals surface area (Å²) in [5, 5.41) is 3.75. The topological polar surface area (TPSA) is 30.5 Å². The lowest BCUT2D eigenvalue weighted by molar-refractivity contribution is 0.113. The van der Waals surface area contributed by atoms with Gasteiger partial charge in [-0.25, -0.2) is 0 Å². The molecule has 1 N–H and O–H groups in total. The van der Waals surface area contributed by atoms with Gasteiger partial charge in [0.15, 0.2) is 0 Å². The smallest absolute Gasteiger partial charge is 0.0716 e. The zero-order chi connectivity index (χ0) is 23.8. The highest BCUT2D eigenvalue weighted by Crippen LogP contribution is 2.25. The van der Waals surface area contributed by atoms with Crippen molar-refractivity contribution < 1.29 is 9.47 Å². The van der Waals surface area contributed by atoms with Crippen molar-refractivity contribution in [3.63, 3.8) is 0 Å². The van der Waals surface area contributed by atoms with Crippen LogP contribution in [0.5, 0.6) is 0 Å². The Bertz CT molecular complexity index is 664. The largest absolute Gasteiger partial charge is 0.377 e. The van der Waals surface area contributed by atoms with Gasteiger partial charge < -0.3 is 14.8 Å². The van der Waals surface area contributed by atoms with Crippen LogP contribution < -0.4 is 5.32 Å². The molecule has 0 saturated carbocycles. The van der Waals surface area contributed by atoms with E-state index in [0.29, 0.717) is 10.8 Å². The summed E-state index contributed by atoms with van der Waals surface area (Å²) in [4.78, 5) is 0. The van der Waals surface area contributed by atoms with Crippen molar-refractivity contribution >= 4 is 0 Å². The SMILES string of the molecule is CC(C)(CCCCOCc1ccccc1)CNCC(C)(C)CCCCOCc1ccccc1. The normalized spacial score (nSPS) is 12.2. The van der Waals surface area contributed by atoms with Crippen molar-refractivity contribution in [1.29, 1.82) is 0 Å². The maximum Gasteiger partial charge on any atom is 0.0716 e. The van der Waals surface area contributed by atoms with E-state index in [1.807, 2.05) is 12.1 Å². The van der Waals surface area contributed by atoms with E-state index in [4.69, 9.17) is 9.47 Å². The van der Waals surface area contributed by atoms with E-state index in [1.165, 1.54) is 36.8 Å². The molecule has 0 spiro atoms. The molecule has 0 fully saturated rings. The molecule has 33 heavy (non-hydrogen) atoms. The number of hydrogen-bond acceptors (Lipinski definition) is 3. The third kappa shape index (κ3) is 13.6. The number of rotatable bonds is 18. The maximum absolute atomic E-state index is 5.82. The highest BCUT2D eigenvalue weighted by Gasteiger charge is 2.21. The summed E-state index contributed by atoms with van der Waals surface area (Å²) in [6, 6.07) is 20.8. The molecule has 184 valence electrons. The van der Waals surface area contributed by atoms with E-state index >= 15 is 0 Å². The summed E-state index contributed by atoms with van der Waals surface area (Å²) in [6.07, 6.45) is 7.16. The number of ether oxygens (including phenoxy) is 2. The Morgan fingerprint density at radius 1 is 0.576 bits per heavy atom. The average Bonchev–Trinajstić information content (AvgIpc) is 2.79. The standard InChI is InChI=1S/C30H47NO2/c1-29(2,19-11-13-21-32-23-27-15-7-5-8-16-27)25-31-26-30(3,4)20-12-14-22-33-24-28-17-9-6-10-18-28/h5-10,15-18,31H,11-14,19-26H2,1-4H3. The average molecular weight is 454 g/mol. The van der Waals surface area contributed by atoms with Crippen LogP contribution in [0.2, 0.25) is 0 Å². The molecule has 3 heteroatoms. The second-order valence-corrected chi connectivity index (χ2v) is 10.9. The summed E-state index contributed by atoms with van der Waals surface area (Å²) in [6.45, 7) is 14.8. The van der Waals surface area contributed by atoms with Gasteiger partial charge in [0.1, 0.15) is 0 Å². The predicted molar refractivity (Wildman–Crippen MR) is 140 cm³/mol. The lowest BCUT2D eigenvalue weighted by Crippen LogP contribution is -2.36. The van der Waals surface area contributed by atoms with Crippen molar-refractivity contribution in [2.75, 3.05) is 26.3 Å². The second kappa shape index (κ2) is 15.3. The Hall–Kier alpha value is -1.68. The first-order valence-corrected chi connectivity index (χ1v) is 12.8. The highest BCUT2D eigenvalue weighted by molar-refractivity contribution is 5.14. The van der Waals surface area contributed by atoms with E-state index in [-0.39, 0.29) is 0 Å². The van der Waals surface area contributed by atoms with Crippen LogP contribution in [0.25, 0.3) is 0 Å². The van der Waals surface area contributed by atoms with Crippen LogP contribution >= 0.6 is 0 Å². The molecular weight excluding hydrogens is 406 g/mol. The Labute approximate surface area is 203 Å². The van der Waals surface area contributed by atoms with Crippen molar-refractivity contribution in [1.82, 2.24) is 5.32 Å². The van der Waals surface area contributed by atoms with Crippen molar-refractivity contribution in [3.8, 4) is 0 Å². The second-order valence-electron chi connectivity index (χ2n) is 10.9. The maximum atomic E-state index is 5.82. The minimum absolute atomic E-state index is 0.320. The fourth-order valence-corrected chi connectivity index (χ4v) is 4.06. The Kier molecular flexibility index (Phi) is 12.8. The van der Waals surface area contributed by atoms with Crippen LogP contribution in [-0.2, 0) is 22.7 Å². The first-order valence-electron chi connectivity index (χ1n) is 12.8. The molecule has 2 aromatic rings. The monoisotopic (exact) mass is 453 g/mol. The number of unbranched alkanes of at least 4 members (excludes halogenated alkanes) is 2. The molecule has 2 rings (SSSR count). The first-order chi connectivity index (χ1) is 15.9. The van der Waals surface area contributed by atoms with Crippen molar-refractivity contribution in [3.05, 3.63) is 71.8 Å². The number of nitrogens with one attached hydrogen (secondary N) is 1. The third-order valence-corrected chi connectivity index (χ3v) is 6.21. The van der Waals surface area contributed by atoms with Crippen LogP contribution in [0.1, 0.15) is 77.3 Å². The zero-order valence-electron chi connectivity index (χ0n) is 21.6. The van der Waals surface area contributed by atoms with Gasteiger partial charge in [0.25, 0.3) is 0 Å². The molecule has 0 atom stereocenters. The van der Waals surface area contributed by atoms with Crippen molar-refractivity contribution in [2.24, 2.45) is 10.8 Å². The lowest BCUT2D eigenvalue weighted by atomic mass is 9.84. The minimum atomic E-state index is 0.320. The van der Waals surface area contributed by atoms with Crippen LogP contribution in [-0.4, -0.2) is 26.3 Å². The summed E-state index contributed by atoms with van der Waals surface area (Å²) >= 11 is 0. The summed E-state index contributed by atoms with van der Waals surface area (Å²) in [5.74, 6) is 0. The van der Waals surface area contributed by atoms with Gasteiger partial charge in [-0.15, -0.1) is 0 Å². The van der Waals surface area contributed by atoms with Crippen LogP contribution in [0.4, 0.5) is 0 Å². The predicted octanol–water partition coefficient (Wildman–Crippen LogP) is 7.40. The molecule has 0 unspecified atom stereocenters. The molecule has 0 aliphatic rings. The fraction of sp³-hybridized carbons (Fsp3) is 0.600. The van der Waals surface area contributed by atoms with Gasteiger partial charge in [-0.3, -0.25) is 0 Å². The van der Waals surface area contributed by atoms with Gasteiger partial charge >= 0.3 is 0 Å². The molecule has 0 heterocycles. The molecule has 0 bridgehead atoms. The minimum Gasteiger partial charge on any atom is -0.377 e. The highest BCUT2D eigenvalue weighted by atomic mass is 16.5. The van der Waals surface area contributed by atoms with Gasteiger partial charge in [-0.05, 0) is 47.6 Å². The van der Waals surface area contributed by atoms with Gasteiger partial charge in [-0.1, -0.05) is 101 Å². The lowest BCUT2D eigenvalue weighted by Gasteiger charge is -2.30. The first kappa shape index (κ1) is 27.6. The molecular formula is C30H47NO2.